The van der Waals surface area contributed by atoms with Crippen molar-refractivity contribution < 1.29 is 0 Å². The van der Waals surface area contributed by atoms with Crippen LogP contribution in [0.5, 0.6) is 0 Å². The van der Waals surface area contributed by atoms with E-state index in [0.717, 1.165) is 22.3 Å². The topological polar surface area (TPSA) is 38.7 Å². The monoisotopic (exact) mass is 313 g/mol. The number of aromatic nitrogens is 3. The number of benzene rings is 1. The van der Waals surface area contributed by atoms with Gasteiger partial charge >= 0.3 is 0 Å². The van der Waals surface area contributed by atoms with Gasteiger partial charge in [-0.25, -0.2) is 0 Å². The summed E-state index contributed by atoms with van der Waals surface area (Å²) in [4.78, 5) is 13.6. The zero-order valence-electron chi connectivity index (χ0n) is 12.1. The molecule has 4 heteroatoms. The van der Waals surface area contributed by atoms with Gasteiger partial charge in [-0.1, -0.05) is 18.2 Å². The Hall–Kier alpha value is -2.85. The van der Waals surface area contributed by atoms with Crippen molar-refractivity contribution >= 4 is 42.4 Å². The third kappa shape index (κ3) is 1.99. The maximum Gasteiger partial charge on any atom is 0.0908 e. The van der Waals surface area contributed by atoms with E-state index in [1.165, 1.54) is 20.2 Å². The molecule has 5 rings (SSSR count). The van der Waals surface area contributed by atoms with E-state index < -0.39 is 0 Å². The summed E-state index contributed by atoms with van der Waals surface area (Å²) in [6.07, 6.45) is 5.60. The molecule has 0 aliphatic heterocycles. The van der Waals surface area contributed by atoms with Crippen LogP contribution in [0.1, 0.15) is 0 Å². The molecule has 4 heterocycles. The fraction of sp³-hybridized carbons (Fsp3) is 0. The lowest BCUT2D eigenvalue weighted by molar-refractivity contribution is 1.27. The molecule has 0 saturated carbocycles. The molecule has 108 valence electrons. The second-order valence-corrected chi connectivity index (χ2v) is 6.51. The first-order chi connectivity index (χ1) is 11.4. The van der Waals surface area contributed by atoms with Crippen molar-refractivity contribution in [3.63, 3.8) is 0 Å². The van der Waals surface area contributed by atoms with Crippen LogP contribution < -0.4 is 0 Å². The maximum atomic E-state index is 4.60. The third-order valence-electron chi connectivity index (χ3n) is 4.01. The summed E-state index contributed by atoms with van der Waals surface area (Å²) < 4.78 is 2.49. The summed E-state index contributed by atoms with van der Waals surface area (Å²) in [5.41, 5.74) is 2.68. The number of rotatable bonds is 1. The molecule has 1 aromatic carbocycles. The quantitative estimate of drug-likeness (QED) is 0.434. The van der Waals surface area contributed by atoms with Gasteiger partial charge in [0.15, 0.2) is 0 Å². The molecule has 5 aromatic rings. The lowest BCUT2D eigenvalue weighted by Crippen LogP contribution is -1.88. The summed E-state index contributed by atoms with van der Waals surface area (Å²) in [5, 5.41) is 3.55. The largest absolute Gasteiger partial charge is 0.256 e. The minimum atomic E-state index is 0.855. The van der Waals surface area contributed by atoms with Crippen LogP contribution in [0.15, 0.2) is 67.1 Å². The minimum Gasteiger partial charge on any atom is -0.256 e. The highest BCUT2D eigenvalue weighted by atomic mass is 32.1. The van der Waals surface area contributed by atoms with Crippen molar-refractivity contribution in [1.82, 2.24) is 15.0 Å². The first-order valence-corrected chi connectivity index (χ1v) is 8.18. The predicted octanol–water partition coefficient (Wildman–Crippen LogP) is 5.06. The van der Waals surface area contributed by atoms with Crippen LogP contribution in [-0.2, 0) is 0 Å². The van der Waals surface area contributed by atoms with E-state index in [1.54, 1.807) is 17.5 Å². The van der Waals surface area contributed by atoms with Gasteiger partial charge in [0.2, 0.25) is 0 Å². The van der Waals surface area contributed by atoms with E-state index in [9.17, 15) is 0 Å². The highest BCUT2D eigenvalue weighted by molar-refractivity contribution is 7.25. The smallest absolute Gasteiger partial charge is 0.0908 e. The number of fused-ring (bicyclic) bond motifs is 4. The summed E-state index contributed by atoms with van der Waals surface area (Å²) >= 11 is 1.77. The van der Waals surface area contributed by atoms with Crippen LogP contribution in [0.2, 0.25) is 0 Å². The summed E-state index contributed by atoms with van der Waals surface area (Å²) in [5.74, 6) is 0. The zero-order valence-corrected chi connectivity index (χ0v) is 12.9. The van der Waals surface area contributed by atoms with Crippen molar-refractivity contribution in [2.75, 3.05) is 0 Å². The van der Waals surface area contributed by atoms with Gasteiger partial charge in [0.05, 0.1) is 21.6 Å². The van der Waals surface area contributed by atoms with Gasteiger partial charge in [-0.3, -0.25) is 15.0 Å². The molecule has 0 bridgehead atoms. The van der Waals surface area contributed by atoms with Crippen LogP contribution >= 0.6 is 11.3 Å². The number of nitrogens with zero attached hydrogens (tertiary/aromatic N) is 3. The Morgan fingerprint density at radius 1 is 0.696 bits per heavy atom. The molecule has 4 aromatic heterocycles. The highest BCUT2D eigenvalue weighted by Gasteiger charge is 2.09. The lowest BCUT2D eigenvalue weighted by atomic mass is 10.1. The zero-order chi connectivity index (χ0) is 15.2. The summed E-state index contributed by atoms with van der Waals surface area (Å²) in [6, 6.07) is 16.5. The lowest BCUT2D eigenvalue weighted by Gasteiger charge is -2.02. The SMILES string of the molecule is c1cnc2cc(-c3cc4c(cn3)sc3ccccc34)ncc2c1. The molecule has 0 aliphatic carbocycles. The average Bonchev–Trinajstić information content (AvgIpc) is 2.99. The van der Waals surface area contributed by atoms with Gasteiger partial charge in [-0.05, 0) is 30.3 Å². The molecule has 0 amide bonds. The van der Waals surface area contributed by atoms with E-state index in [2.05, 4.69) is 45.3 Å². The van der Waals surface area contributed by atoms with Gasteiger partial charge in [0, 0.05) is 39.4 Å². The summed E-state index contributed by atoms with van der Waals surface area (Å²) in [6.45, 7) is 0. The highest BCUT2D eigenvalue weighted by Crippen LogP contribution is 2.34. The van der Waals surface area contributed by atoms with Gasteiger partial charge in [-0.15, -0.1) is 11.3 Å². The molecule has 0 fully saturated rings. The Bertz CT molecular complexity index is 1180. The van der Waals surface area contributed by atoms with E-state index >= 15 is 0 Å². The molecule has 0 atom stereocenters. The van der Waals surface area contributed by atoms with Crippen LogP contribution in [-0.4, -0.2) is 15.0 Å². The number of pyridine rings is 3. The van der Waals surface area contributed by atoms with E-state index in [0.29, 0.717) is 0 Å². The molecule has 0 aliphatic rings. The second-order valence-electron chi connectivity index (χ2n) is 5.43. The maximum absolute atomic E-state index is 4.60. The minimum absolute atomic E-state index is 0.855. The van der Waals surface area contributed by atoms with Crippen LogP contribution in [0.4, 0.5) is 0 Å². The van der Waals surface area contributed by atoms with Crippen molar-refractivity contribution in [3.05, 3.63) is 67.1 Å². The van der Waals surface area contributed by atoms with Crippen molar-refractivity contribution in [3.8, 4) is 11.4 Å². The van der Waals surface area contributed by atoms with Crippen molar-refractivity contribution in [2.24, 2.45) is 0 Å². The molecule has 0 spiro atoms. The van der Waals surface area contributed by atoms with Crippen LogP contribution in [0.25, 0.3) is 42.5 Å². The number of thiophene rings is 1. The Labute approximate surface area is 136 Å². The molecule has 0 saturated heterocycles. The van der Waals surface area contributed by atoms with Gasteiger partial charge in [-0.2, -0.15) is 0 Å². The first kappa shape index (κ1) is 12.7. The molecule has 0 N–H and O–H groups in total. The first-order valence-electron chi connectivity index (χ1n) is 7.37. The molecular weight excluding hydrogens is 302 g/mol. The fourth-order valence-corrected chi connectivity index (χ4v) is 3.93. The van der Waals surface area contributed by atoms with E-state index in [1.807, 2.05) is 30.6 Å². The molecular formula is C19H11N3S. The Morgan fingerprint density at radius 2 is 1.57 bits per heavy atom. The molecule has 0 radical (unpaired) electrons. The normalized spacial score (nSPS) is 11.5. The Kier molecular flexibility index (Phi) is 2.66. The fourth-order valence-electron chi connectivity index (χ4n) is 2.88. The summed E-state index contributed by atoms with van der Waals surface area (Å²) in [7, 11) is 0. The van der Waals surface area contributed by atoms with Gasteiger partial charge in [0.25, 0.3) is 0 Å². The van der Waals surface area contributed by atoms with Crippen molar-refractivity contribution in [1.29, 1.82) is 0 Å². The molecule has 0 unspecified atom stereocenters. The van der Waals surface area contributed by atoms with Crippen LogP contribution in [0, 0.1) is 0 Å². The molecule has 3 nitrogen and oxygen atoms in total. The van der Waals surface area contributed by atoms with E-state index in [4.69, 9.17) is 0 Å². The average molecular weight is 313 g/mol. The second kappa shape index (κ2) is 4.83. The van der Waals surface area contributed by atoms with Gasteiger partial charge in [0.1, 0.15) is 0 Å². The Balaban J connectivity index is 1.76. The standard InChI is InChI=1S/C19H11N3S/c1-2-6-18-13(5-1)14-8-16(22-11-19(14)23-18)17-9-15-12(10-21-17)4-3-7-20-15/h1-11H. The number of hydrogen-bond donors (Lipinski definition) is 0. The van der Waals surface area contributed by atoms with Gasteiger partial charge < -0.3 is 0 Å². The van der Waals surface area contributed by atoms with E-state index in [-0.39, 0.29) is 0 Å². The number of hydrogen-bond acceptors (Lipinski definition) is 4. The molecule has 23 heavy (non-hydrogen) atoms. The van der Waals surface area contributed by atoms with Crippen LogP contribution in [0.3, 0.4) is 0 Å². The van der Waals surface area contributed by atoms with Crippen molar-refractivity contribution in [2.45, 2.75) is 0 Å². The predicted molar refractivity (Wildman–Crippen MR) is 95.7 cm³/mol. The Morgan fingerprint density at radius 3 is 2.57 bits per heavy atom. The third-order valence-corrected chi connectivity index (χ3v) is 5.14.